The molecular weight excluding hydrogens is 1390 g/mol. The van der Waals surface area contributed by atoms with Crippen LogP contribution in [0.25, 0.3) is 44.7 Å². The van der Waals surface area contributed by atoms with Crippen molar-refractivity contribution in [3.05, 3.63) is 108 Å². The molecule has 0 bridgehead atoms. The van der Waals surface area contributed by atoms with Crippen molar-refractivity contribution in [1.29, 1.82) is 0 Å². The molecule has 10 rings (SSSR count). The molecule has 0 aromatic carbocycles. The number of nitrogens with zero attached hydrogens (tertiary/aromatic N) is 12. The Morgan fingerprint density at radius 1 is 0.518 bits per heavy atom. The number of aromatic nitrogens is 13. The van der Waals surface area contributed by atoms with E-state index in [0.29, 0.717) is 31.7 Å². The van der Waals surface area contributed by atoms with Gasteiger partial charge in [0.25, 0.3) is 0 Å². The third kappa shape index (κ3) is 20.9. The monoisotopic (exact) mass is 1470 g/mol. The number of rotatable bonds is 16. The highest BCUT2D eigenvalue weighted by molar-refractivity contribution is 9.11. The summed E-state index contributed by atoms with van der Waals surface area (Å²) >= 11 is 13.4. The quantitative estimate of drug-likeness (QED) is 0.0601. The van der Waals surface area contributed by atoms with Gasteiger partial charge in [-0.1, -0.05) is 58.9 Å². The van der Waals surface area contributed by atoms with Gasteiger partial charge in [0.2, 0.25) is 0 Å². The molecule has 0 unspecified atom stereocenters. The van der Waals surface area contributed by atoms with Gasteiger partial charge < -0.3 is 44.7 Å². The number of H-pyrrole nitrogens is 1. The average molecular weight is 1480 g/mol. The van der Waals surface area contributed by atoms with Crippen LogP contribution in [0.4, 0.5) is 11.5 Å². The number of aryl methyl sites for hydroxylation is 4. The standard InChI is InChI=1S/C20H33N3O3Si.2C13H20BrN3OSi.C7H6BrN3.C5H6BrN3/c1-14-22-16-11-15(18-25-19(2,3)20(4,5)26-18)12-21-17(16)23(14)13-24-9-10-27(6,7)8;1-10-16-13-12(7-11(14)8-15-13)17(10)9-18-5-6-19(2,3)4;1-10-16-12-7-11(14)8-15-13(12)17(10)9-18-5-6-19(2,3)4;1-4-10-6-2-5(8)3-9-7(6)11-4;6-3-1-4(7)5(8)9-2-3/h11-12,18H,9-10,13H2,1-8H3;2*7-8H,5-6,9H2,1-4H3;2-3H,1H3,(H,9,10,11);1-2H,7H2,(H2,8,9). The van der Waals surface area contributed by atoms with E-state index < -0.39 is 30.5 Å². The van der Waals surface area contributed by atoms with Crippen LogP contribution in [0.3, 0.4) is 0 Å². The first-order chi connectivity index (χ1) is 39.6. The molecule has 1 aliphatic rings. The van der Waals surface area contributed by atoms with Crippen LogP contribution < -0.4 is 11.5 Å². The Morgan fingerprint density at radius 2 is 0.941 bits per heavy atom. The zero-order valence-corrected chi connectivity index (χ0v) is 61.6. The minimum Gasteiger partial charge on any atom is -0.396 e. The number of halogens is 4. The number of imidazole rings is 4. The topological polar surface area (TPSA) is 245 Å². The van der Waals surface area contributed by atoms with Gasteiger partial charge in [-0.2, -0.15) is 0 Å². The number of fused-ring (bicyclic) bond motifs is 4. The fourth-order valence-corrected chi connectivity index (χ4v) is 11.6. The van der Waals surface area contributed by atoms with Crippen LogP contribution >= 0.6 is 63.7 Å². The third-order valence-electron chi connectivity index (χ3n) is 13.8. The molecule has 1 fully saturated rings. The molecule has 10 heterocycles. The number of aromatic amines is 1. The van der Waals surface area contributed by atoms with E-state index in [4.69, 9.17) is 35.2 Å². The maximum Gasteiger partial charge on any atom is 0.186 e. The molecule has 85 heavy (non-hydrogen) atoms. The van der Waals surface area contributed by atoms with E-state index in [-0.39, 0.29) is 11.2 Å². The minimum atomic E-state index is -1.09. The van der Waals surface area contributed by atoms with E-state index >= 15 is 0 Å². The second-order valence-corrected chi connectivity index (χ2v) is 46.0. The molecule has 462 valence electrons. The lowest BCUT2D eigenvalue weighted by molar-refractivity contribution is -0.0896. The predicted octanol–water partition coefficient (Wildman–Crippen LogP) is 15.3. The van der Waals surface area contributed by atoms with Crippen molar-refractivity contribution in [2.75, 3.05) is 31.3 Å². The normalized spacial score (nSPS) is 14.2. The summed E-state index contributed by atoms with van der Waals surface area (Å²) in [7, 11) is -3.14. The summed E-state index contributed by atoms with van der Waals surface area (Å²) in [5.41, 5.74) is 18.4. The van der Waals surface area contributed by atoms with Crippen LogP contribution in [0.15, 0.2) is 79.2 Å². The van der Waals surface area contributed by atoms with Gasteiger partial charge in [0.15, 0.2) is 28.9 Å². The highest BCUT2D eigenvalue weighted by atomic mass is 79.9. The highest BCUT2D eigenvalue weighted by Crippen LogP contribution is 2.45. The zero-order chi connectivity index (χ0) is 62.8. The van der Waals surface area contributed by atoms with Gasteiger partial charge in [0.1, 0.15) is 60.3 Å². The first-order valence-corrected chi connectivity index (χ1v) is 42.4. The van der Waals surface area contributed by atoms with Crippen molar-refractivity contribution in [3.8, 4) is 0 Å². The number of hydrogen-bond donors (Lipinski definition) is 3. The van der Waals surface area contributed by atoms with E-state index in [9.17, 15) is 0 Å². The fraction of sp³-hybridized carbons (Fsp3) is 0.500. The van der Waals surface area contributed by atoms with Crippen molar-refractivity contribution in [3.63, 3.8) is 0 Å². The number of nitrogen functional groups attached to an aromatic ring is 2. The lowest BCUT2D eigenvalue weighted by Crippen LogP contribution is -2.41. The lowest BCUT2D eigenvalue weighted by atomic mass is 9.90. The fourth-order valence-electron chi connectivity index (χ4n) is 7.98. The molecule has 20 nitrogen and oxygen atoms in total. The van der Waals surface area contributed by atoms with Gasteiger partial charge in [0.05, 0.1) is 27.9 Å². The number of nitrogens with two attached hydrogens (primary N) is 2. The van der Waals surface area contributed by atoms with Gasteiger partial charge in [-0.25, -0.2) is 44.9 Å². The molecule has 1 saturated heterocycles. The molecule has 1 aliphatic heterocycles. The first kappa shape index (κ1) is 69.7. The average Bonchev–Trinajstić information content (AvgIpc) is 3.57. The molecule has 0 saturated carbocycles. The Kier molecular flexibility index (Phi) is 24.4. The number of pyridine rings is 5. The molecule has 9 aromatic heterocycles. The Labute approximate surface area is 536 Å². The van der Waals surface area contributed by atoms with E-state index in [2.05, 4.69) is 205 Å². The molecule has 0 radical (unpaired) electrons. The first-order valence-electron chi connectivity index (χ1n) is 28.1. The molecule has 0 atom stereocenters. The van der Waals surface area contributed by atoms with Crippen LogP contribution in [0, 0.1) is 27.7 Å². The Morgan fingerprint density at radius 3 is 1.45 bits per heavy atom. The summed E-state index contributed by atoms with van der Waals surface area (Å²) in [4.78, 5) is 42.1. The Hall–Kier alpha value is -4.40. The molecule has 5 N–H and O–H groups in total. The number of ether oxygens (including phenoxy) is 5. The van der Waals surface area contributed by atoms with Gasteiger partial charge in [-0.15, -0.1) is 0 Å². The number of nitrogens with one attached hydrogen (secondary N) is 1. The summed E-state index contributed by atoms with van der Waals surface area (Å²) in [6.07, 6.45) is 8.30. The molecule has 9 aromatic rings. The van der Waals surface area contributed by atoms with Gasteiger partial charge in [-0.05, 0) is 168 Å². The summed E-state index contributed by atoms with van der Waals surface area (Å²) in [6.45, 7) is 41.2. The highest BCUT2D eigenvalue weighted by Gasteiger charge is 2.49. The van der Waals surface area contributed by atoms with Gasteiger partial charge >= 0.3 is 0 Å². The maximum absolute atomic E-state index is 6.13. The third-order valence-corrected chi connectivity index (χ3v) is 20.7. The second-order valence-electron chi connectivity index (χ2n) is 25.5. The molecule has 27 heteroatoms. The largest absolute Gasteiger partial charge is 0.396 e. The summed E-state index contributed by atoms with van der Waals surface area (Å²) < 4.78 is 39.6. The van der Waals surface area contributed by atoms with Crippen molar-refractivity contribution in [1.82, 2.24) is 63.5 Å². The SMILES string of the molecule is Cc1nc2cc(Br)cnc2n1COCC[Si](C)(C)C.Cc1nc2cc(C3OC(C)(C)C(C)(C)O3)cnc2n1COCC[Si](C)(C)C.Cc1nc2ncc(Br)cc2[nH]1.Cc1nc2ncc(Br)cc2n1COCC[Si](C)(C)C.Nc1cc(Br)cnc1N. The predicted molar refractivity (Wildman–Crippen MR) is 365 cm³/mol. The van der Waals surface area contributed by atoms with E-state index in [1.54, 1.807) is 30.9 Å². The zero-order valence-electron chi connectivity index (χ0n) is 52.3. The van der Waals surface area contributed by atoms with Crippen LogP contribution in [0.1, 0.15) is 62.8 Å². The van der Waals surface area contributed by atoms with Crippen LogP contribution in [-0.4, -0.2) is 119 Å². The van der Waals surface area contributed by atoms with Gasteiger partial charge in [-0.3, -0.25) is 9.13 Å². The molecule has 0 aliphatic carbocycles. The summed E-state index contributed by atoms with van der Waals surface area (Å²) in [6, 6.07) is 13.2. The van der Waals surface area contributed by atoms with E-state index in [1.165, 1.54) is 12.1 Å². The molecule has 0 amide bonds. The van der Waals surface area contributed by atoms with E-state index in [1.807, 2.05) is 67.3 Å². The maximum atomic E-state index is 6.13. The number of hydrogen-bond acceptors (Lipinski definition) is 16. The summed E-state index contributed by atoms with van der Waals surface area (Å²) in [5, 5.41) is 0. The second kappa shape index (κ2) is 29.7. The van der Waals surface area contributed by atoms with Gasteiger partial charge in [0, 0.05) is 98.5 Å². The minimum absolute atomic E-state index is 0.369. The van der Waals surface area contributed by atoms with E-state index in [0.717, 1.165) is 117 Å². The van der Waals surface area contributed by atoms with Crippen LogP contribution in [0.5, 0.6) is 0 Å². The van der Waals surface area contributed by atoms with Crippen LogP contribution in [0.2, 0.25) is 77.1 Å². The summed E-state index contributed by atoms with van der Waals surface area (Å²) in [5.74, 6) is 4.04. The van der Waals surface area contributed by atoms with Crippen molar-refractivity contribution in [2.24, 2.45) is 0 Å². The van der Waals surface area contributed by atoms with Crippen molar-refractivity contribution in [2.45, 2.75) is 170 Å². The van der Waals surface area contributed by atoms with Crippen molar-refractivity contribution < 1.29 is 23.7 Å². The molecule has 0 spiro atoms. The Bertz CT molecular complexity index is 3650. The smallest absolute Gasteiger partial charge is 0.186 e. The van der Waals surface area contributed by atoms with Crippen LogP contribution in [-0.2, 0) is 43.9 Å². The van der Waals surface area contributed by atoms with Crippen molar-refractivity contribution >= 4 is 144 Å². The molecular formula is C58H85Br4N15O5Si3. The Balaban J connectivity index is 0.000000178. The lowest BCUT2D eigenvalue weighted by Gasteiger charge is -2.30. The number of anilines is 2.